The summed E-state index contributed by atoms with van der Waals surface area (Å²) in [6.07, 6.45) is -0.318. The van der Waals surface area contributed by atoms with Crippen LogP contribution in [-0.2, 0) is 24.6 Å². The molecule has 0 bridgehead atoms. The molecule has 0 spiro atoms. The van der Waals surface area contributed by atoms with Gasteiger partial charge in [0.2, 0.25) is 23.6 Å². The first kappa shape index (κ1) is 21.3. The Balaban J connectivity index is 1.94. The second-order valence-corrected chi connectivity index (χ2v) is 8.14. The van der Waals surface area contributed by atoms with Crippen LogP contribution in [0.25, 0.3) is 0 Å². The molecule has 8 nitrogen and oxygen atoms in total. The highest BCUT2D eigenvalue weighted by Crippen LogP contribution is 2.43. The van der Waals surface area contributed by atoms with Crippen LogP contribution in [-0.4, -0.2) is 85.1 Å². The number of hydrogen-bond acceptors (Lipinski definition) is 5. The minimum Gasteiger partial charge on any atom is -0.353 e. The van der Waals surface area contributed by atoms with Crippen molar-refractivity contribution in [1.29, 1.82) is 0 Å². The highest BCUT2D eigenvalue weighted by Gasteiger charge is 2.54. The largest absolute Gasteiger partial charge is 0.353 e. The second kappa shape index (κ2) is 8.51. The number of imide groups is 1. The maximum atomic E-state index is 13.5. The Labute approximate surface area is 174 Å². The molecule has 0 aliphatic carbocycles. The standard InChI is InChI=1S/C20H25ClN4O4/c1-23(2)9-10-25-18(28)12-20(19(25)29,14-5-3-4-6-15(14)21)11-17(27)24-8-7-22-16(26)13-24/h3-6H,7-13H2,1-2H3,(H,22,26). The van der Waals surface area contributed by atoms with E-state index in [9.17, 15) is 19.2 Å². The minimum absolute atomic E-state index is 0.0517. The van der Waals surface area contributed by atoms with Crippen LogP contribution in [0.4, 0.5) is 0 Å². The topological polar surface area (TPSA) is 90.0 Å². The van der Waals surface area contributed by atoms with E-state index in [4.69, 9.17) is 11.6 Å². The van der Waals surface area contributed by atoms with Gasteiger partial charge >= 0.3 is 0 Å². The molecule has 1 unspecified atom stereocenters. The molecule has 1 N–H and O–H groups in total. The van der Waals surface area contributed by atoms with Crippen molar-refractivity contribution in [2.45, 2.75) is 18.3 Å². The van der Waals surface area contributed by atoms with Crippen molar-refractivity contribution in [3.8, 4) is 0 Å². The van der Waals surface area contributed by atoms with Gasteiger partial charge in [-0.25, -0.2) is 0 Å². The number of piperazine rings is 1. The van der Waals surface area contributed by atoms with E-state index in [1.807, 2.05) is 19.0 Å². The zero-order valence-corrected chi connectivity index (χ0v) is 17.4. The van der Waals surface area contributed by atoms with Crippen LogP contribution in [0.3, 0.4) is 0 Å². The van der Waals surface area contributed by atoms with Crippen molar-refractivity contribution < 1.29 is 19.2 Å². The lowest BCUT2D eigenvalue weighted by atomic mass is 9.75. The number of carbonyl (C=O) groups is 4. The predicted octanol–water partition coefficient (Wildman–Crippen LogP) is 0.247. The summed E-state index contributed by atoms with van der Waals surface area (Å²) in [7, 11) is 3.72. The molecular weight excluding hydrogens is 396 g/mol. The zero-order valence-electron chi connectivity index (χ0n) is 16.6. The summed E-state index contributed by atoms with van der Waals surface area (Å²) in [5.41, 5.74) is -0.880. The van der Waals surface area contributed by atoms with Crippen LogP contribution in [0.1, 0.15) is 18.4 Å². The lowest BCUT2D eigenvalue weighted by Crippen LogP contribution is -2.52. The molecule has 2 fully saturated rings. The lowest BCUT2D eigenvalue weighted by Gasteiger charge is -2.32. The predicted molar refractivity (Wildman–Crippen MR) is 107 cm³/mol. The number of benzene rings is 1. The summed E-state index contributed by atoms with van der Waals surface area (Å²) in [6.45, 7) is 1.46. The molecule has 29 heavy (non-hydrogen) atoms. The van der Waals surface area contributed by atoms with Crippen molar-refractivity contribution in [3.05, 3.63) is 34.9 Å². The van der Waals surface area contributed by atoms with Gasteiger partial charge in [-0.15, -0.1) is 0 Å². The minimum atomic E-state index is -1.35. The molecule has 0 radical (unpaired) electrons. The number of likely N-dealkylation sites (N-methyl/N-ethyl adjacent to an activating group) is 1. The highest BCUT2D eigenvalue weighted by atomic mass is 35.5. The molecule has 0 aromatic heterocycles. The first-order valence-corrected chi connectivity index (χ1v) is 9.91. The van der Waals surface area contributed by atoms with Crippen LogP contribution < -0.4 is 5.32 Å². The summed E-state index contributed by atoms with van der Waals surface area (Å²) >= 11 is 6.40. The van der Waals surface area contributed by atoms with Gasteiger partial charge in [0.1, 0.15) is 0 Å². The highest BCUT2D eigenvalue weighted by molar-refractivity contribution is 6.32. The zero-order chi connectivity index (χ0) is 21.2. The quantitative estimate of drug-likeness (QED) is 0.666. The maximum Gasteiger partial charge on any atom is 0.240 e. The molecule has 1 atom stereocenters. The molecule has 2 heterocycles. The Morgan fingerprint density at radius 2 is 1.97 bits per heavy atom. The van der Waals surface area contributed by atoms with Crippen LogP contribution >= 0.6 is 11.6 Å². The molecule has 2 aliphatic heterocycles. The van der Waals surface area contributed by atoms with Gasteiger partial charge in [0.15, 0.2) is 0 Å². The SMILES string of the molecule is CN(C)CCN1C(=O)CC(CC(=O)N2CCNC(=O)C2)(c2ccccc2Cl)C1=O. The molecule has 9 heteroatoms. The van der Waals surface area contributed by atoms with Crippen LogP contribution in [0.15, 0.2) is 24.3 Å². The van der Waals surface area contributed by atoms with Crippen molar-refractivity contribution in [2.75, 3.05) is 46.8 Å². The first-order valence-electron chi connectivity index (χ1n) is 9.53. The van der Waals surface area contributed by atoms with E-state index in [0.29, 0.717) is 30.2 Å². The Bertz CT molecular complexity index is 844. The van der Waals surface area contributed by atoms with E-state index in [0.717, 1.165) is 0 Å². The van der Waals surface area contributed by atoms with E-state index >= 15 is 0 Å². The van der Waals surface area contributed by atoms with E-state index in [1.54, 1.807) is 24.3 Å². The Hall–Kier alpha value is -2.45. The van der Waals surface area contributed by atoms with Gasteiger partial charge in [-0.1, -0.05) is 29.8 Å². The van der Waals surface area contributed by atoms with Gasteiger partial charge in [-0.3, -0.25) is 24.1 Å². The first-order chi connectivity index (χ1) is 13.7. The molecular formula is C20H25ClN4O4. The third kappa shape index (κ3) is 4.28. The number of hydrogen-bond donors (Lipinski definition) is 1. The van der Waals surface area contributed by atoms with E-state index in [-0.39, 0.29) is 43.7 Å². The normalized spacial score (nSPS) is 22.4. The van der Waals surface area contributed by atoms with E-state index in [2.05, 4.69) is 5.32 Å². The molecule has 2 saturated heterocycles. The summed E-state index contributed by atoms with van der Waals surface area (Å²) in [5.74, 6) is -1.30. The van der Waals surface area contributed by atoms with E-state index < -0.39 is 11.3 Å². The fraction of sp³-hybridized carbons (Fsp3) is 0.500. The number of rotatable bonds is 6. The Morgan fingerprint density at radius 3 is 2.62 bits per heavy atom. The Morgan fingerprint density at radius 1 is 1.24 bits per heavy atom. The van der Waals surface area contributed by atoms with Gasteiger partial charge in [-0.05, 0) is 25.7 Å². The molecule has 156 valence electrons. The number of amides is 4. The van der Waals surface area contributed by atoms with Crippen molar-refractivity contribution >= 4 is 35.2 Å². The van der Waals surface area contributed by atoms with Gasteiger partial charge < -0.3 is 15.1 Å². The maximum absolute atomic E-state index is 13.5. The number of nitrogens with zero attached hydrogens (tertiary/aromatic N) is 3. The Kier molecular flexibility index (Phi) is 6.24. The van der Waals surface area contributed by atoms with E-state index in [1.165, 1.54) is 9.80 Å². The number of nitrogens with one attached hydrogen (secondary N) is 1. The molecule has 1 aromatic rings. The summed E-state index contributed by atoms with van der Waals surface area (Å²) in [5, 5.41) is 3.01. The number of likely N-dealkylation sites (tertiary alicyclic amines) is 1. The van der Waals surface area contributed by atoms with Crippen LogP contribution in [0, 0.1) is 0 Å². The van der Waals surface area contributed by atoms with Gasteiger partial charge in [0, 0.05) is 44.0 Å². The third-order valence-corrected chi connectivity index (χ3v) is 5.74. The fourth-order valence-corrected chi connectivity index (χ4v) is 4.16. The average molecular weight is 421 g/mol. The molecule has 0 saturated carbocycles. The summed E-state index contributed by atoms with van der Waals surface area (Å²) in [4.78, 5) is 55.5. The average Bonchev–Trinajstić information content (AvgIpc) is 2.90. The second-order valence-electron chi connectivity index (χ2n) is 7.73. The van der Waals surface area contributed by atoms with Crippen molar-refractivity contribution in [2.24, 2.45) is 0 Å². The van der Waals surface area contributed by atoms with Crippen molar-refractivity contribution in [3.63, 3.8) is 0 Å². The number of halogens is 1. The van der Waals surface area contributed by atoms with Gasteiger partial charge in [0.25, 0.3) is 0 Å². The van der Waals surface area contributed by atoms with Gasteiger partial charge in [-0.2, -0.15) is 0 Å². The summed E-state index contributed by atoms with van der Waals surface area (Å²) in [6, 6.07) is 6.82. The lowest BCUT2D eigenvalue weighted by molar-refractivity contribution is -0.144. The number of carbonyl (C=O) groups excluding carboxylic acids is 4. The monoisotopic (exact) mass is 420 g/mol. The van der Waals surface area contributed by atoms with Gasteiger partial charge in [0.05, 0.1) is 12.0 Å². The fourth-order valence-electron chi connectivity index (χ4n) is 3.84. The van der Waals surface area contributed by atoms with Crippen molar-refractivity contribution in [1.82, 2.24) is 20.0 Å². The molecule has 3 rings (SSSR count). The third-order valence-electron chi connectivity index (χ3n) is 5.41. The molecule has 2 aliphatic rings. The molecule has 1 aromatic carbocycles. The molecule has 4 amide bonds. The smallest absolute Gasteiger partial charge is 0.240 e. The summed E-state index contributed by atoms with van der Waals surface area (Å²) < 4.78 is 0. The van der Waals surface area contributed by atoms with Crippen LogP contribution in [0.5, 0.6) is 0 Å². The van der Waals surface area contributed by atoms with Crippen LogP contribution in [0.2, 0.25) is 5.02 Å².